The van der Waals surface area contributed by atoms with Crippen molar-refractivity contribution in [3.05, 3.63) is 64.3 Å². The van der Waals surface area contributed by atoms with Gasteiger partial charge in [-0.25, -0.2) is 9.78 Å². The second-order valence-electron chi connectivity index (χ2n) is 5.80. The highest BCUT2D eigenvalue weighted by Crippen LogP contribution is 2.24. The molecule has 0 saturated carbocycles. The van der Waals surface area contributed by atoms with Crippen LogP contribution >= 0.6 is 0 Å². The van der Waals surface area contributed by atoms with Crippen LogP contribution in [0.1, 0.15) is 30.8 Å². The Morgan fingerprint density at radius 1 is 1.35 bits per heavy atom. The van der Waals surface area contributed by atoms with Crippen LogP contribution in [0.4, 0.5) is 5.69 Å². The number of rotatable bonds is 5. The van der Waals surface area contributed by atoms with Crippen LogP contribution in [-0.2, 0) is 20.7 Å². The molecule has 7 heteroatoms. The number of nitrogens with one attached hydrogen (secondary N) is 1. The van der Waals surface area contributed by atoms with Crippen molar-refractivity contribution in [2.45, 2.75) is 25.8 Å². The molecule has 1 amide bonds. The summed E-state index contributed by atoms with van der Waals surface area (Å²) in [6.45, 7) is 1.96. The molecule has 2 aromatic rings. The Kier molecular flexibility index (Phi) is 5.26. The maximum atomic E-state index is 12.7. The molecule has 0 spiro atoms. The van der Waals surface area contributed by atoms with Gasteiger partial charge in [0.25, 0.3) is 5.56 Å². The first-order valence-corrected chi connectivity index (χ1v) is 8.41. The summed E-state index contributed by atoms with van der Waals surface area (Å²) in [6.07, 6.45) is 5.30. The summed E-state index contributed by atoms with van der Waals surface area (Å²) in [5.74, 6) is -0.382. The highest BCUT2D eigenvalue weighted by Gasteiger charge is 2.32. The average molecular weight is 353 g/mol. The van der Waals surface area contributed by atoms with E-state index < -0.39 is 23.5 Å². The van der Waals surface area contributed by atoms with Gasteiger partial charge < -0.3 is 10.1 Å². The van der Waals surface area contributed by atoms with Gasteiger partial charge in [-0.15, -0.1) is 0 Å². The lowest BCUT2D eigenvalue weighted by molar-refractivity contribution is -0.147. The van der Waals surface area contributed by atoms with E-state index in [9.17, 15) is 14.4 Å². The van der Waals surface area contributed by atoms with Crippen LogP contribution in [0.2, 0.25) is 0 Å². The standard InChI is InChI=1S/C19H19N3O4/c1-2-26-19(25)15-9-10-16-20-12-14(18(24)22(15)16)21-17(23)11-8-13-6-4-3-5-7-13/h3-8,11-12,15H,2,9-10H2,1H3,(H,21,23)/b11-8+. The summed E-state index contributed by atoms with van der Waals surface area (Å²) in [5.41, 5.74) is 0.452. The fourth-order valence-electron chi connectivity index (χ4n) is 2.86. The molecule has 1 aromatic carbocycles. The van der Waals surface area contributed by atoms with Crippen LogP contribution in [0.3, 0.4) is 0 Å². The highest BCUT2D eigenvalue weighted by atomic mass is 16.5. The Balaban J connectivity index is 1.79. The largest absolute Gasteiger partial charge is 0.464 e. The van der Waals surface area contributed by atoms with Gasteiger partial charge in [-0.3, -0.25) is 14.2 Å². The fraction of sp³-hybridized carbons (Fsp3) is 0.263. The molecule has 1 unspecified atom stereocenters. The molecule has 134 valence electrons. The number of ether oxygens (including phenoxy) is 1. The molecule has 3 rings (SSSR count). The van der Waals surface area contributed by atoms with Crippen LogP contribution in [0, 0.1) is 0 Å². The Labute approximate surface area is 150 Å². The summed E-state index contributed by atoms with van der Waals surface area (Å²) in [4.78, 5) is 41.0. The van der Waals surface area contributed by atoms with Gasteiger partial charge in [0.1, 0.15) is 17.6 Å². The minimum Gasteiger partial charge on any atom is -0.464 e. The lowest BCUT2D eigenvalue weighted by Gasteiger charge is -2.13. The molecule has 0 bridgehead atoms. The number of benzene rings is 1. The molecule has 2 heterocycles. The molecule has 0 fully saturated rings. The molecule has 1 aromatic heterocycles. The second kappa shape index (κ2) is 7.77. The molecule has 1 aliphatic rings. The van der Waals surface area contributed by atoms with E-state index in [-0.39, 0.29) is 12.3 Å². The molecule has 7 nitrogen and oxygen atoms in total. The van der Waals surface area contributed by atoms with Crippen LogP contribution in [-0.4, -0.2) is 28.0 Å². The van der Waals surface area contributed by atoms with E-state index in [1.807, 2.05) is 30.3 Å². The molecule has 0 saturated heterocycles. The van der Waals surface area contributed by atoms with E-state index in [0.717, 1.165) is 5.56 Å². The predicted molar refractivity (Wildman–Crippen MR) is 96.6 cm³/mol. The third-order valence-electron chi connectivity index (χ3n) is 4.07. The van der Waals surface area contributed by atoms with Gasteiger partial charge in [0, 0.05) is 12.5 Å². The summed E-state index contributed by atoms with van der Waals surface area (Å²) in [6, 6.07) is 8.64. The molecule has 1 N–H and O–H groups in total. The SMILES string of the molecule is CCOC(=O)C1CCc2ncc(NC(=O)/C=C/c3ccccc3)c(=O)n21. The van der Waals surface area contributed by atoms with Gasteiger partial charge in [-0.1, -0.05) is 30.3 Å². The van der Waals surface area contributed by atoms with Crippen LogP contribution in [0.5, 0.6) is 0 Å². The number of aromatic nitrogens is 2. The van der Waals surface area contributed by atoms with Crippen molar-refractivity contribution in [2.24, 2.45) is 0 Å². The van der Waals surface area contributed by atoms with Crippen molar-refractivity contribution >= 4 is 23.6 Å². The van der Waals surface area contributed by atoms with Gasteiger partial charge >= 0.3 is 5.97 Å². The summed E-state index contributed by atoms with van der Waals surface area (Å²) < 4.78 is 6.34. The van der Waals surface area contributed by atoms with E-state index in [0.29, 0.717) is 18.7 Å². The zero-order valence-electron chi connectivity index (χ0n) is 14.3. The van der Waals surface area contributed by atoms with Crippen LogP contribution in [0.15, 0.2) is 47.4 Å². The number of anilines is 1. The molecule has 1 atom stereocenters. The van der Waals surface area contributed by atoms with Crippen LogP contribution in [0.25, 0.3) is 6.08 Å². The van der Waals surface area contributed by atoms with E-state index in [4.69, 9.17) is 4.74 Å². The molecule has 0 aliphatic carbocycles. The number of amides is 1. The van der Waals surface area contributed by atoms with Crippen LogP contribution < -0.4 is 10.9 Å². The van der Waals surface area contributed by atoms with Gasteiger partial charge in [-0.2, -0.15) is 0 Å². The normalized spacial score (nSPS) is 15.7. The highest BCUT2D eigenvalue weighted by molar-refractivity contribution is 6.01. The first kappa shape index (κ1) is 17.6. The monoisotopic (exact) mass is 353 g/mol. The predicted octanol–water partition coefficient (Wildman–Crippen LogP) is 1.95. The molecule has 1 aliphatic heterocycles. The number of hydrogen-bond donors (Lipinski definition) is 1. The topological polar surface area (TPSA) is 90.3 Å². The number of esters is 1. The number of aryl methyl sites for hydroxylation is 1. The first-order valence-electron chi connectivity index (χ1n) is 8.41. The zero-order valence-corrected chi connectivity index (χ0v) is 14.3. The smallest absolute Gasteiger partial charge is 0.329 e. The zero-order chi connectivity index (χ0) is 18.5. The Morgan fingerprint density at radius 2 is 2.12 bits per heavy atom. The van der Waals surface area contributed by atoms with E-state index in [1.54, 1.807) is 13.0 Å². The Hall–Kier alpha value is -3.22. The average Bonchev–Trinajstić information content (AvgIpc) is 3.08. The third kappa shape index (κ3) is 3.72. The van der Waals surface area contributed by atoms with E-state index in [2.05, 4.69) is 10.3 Å². The van der Waals surface area contributed by atoms with Crippen molar-refractivity contribution < 1.29 is 14.3 Å². The second-order valence-corrected chi connectivity index (χ2v) is 5.80. The third-order valence-corrected chi connectivity index (χ3v) is 4.07. The fourth-order valence-corrected chi connectivity index (χ4v) is 2.86. The number of carbonyl (C=O) groups is 2. The molecule has 26 heavy (non-hydrogen) atoms. The van der Waals surface area contributed by atoms with E-state index >= 15 is 0 Å². The number of hydrogen-bond acceptors (Lipinski definition) is 5. The summed E-state index contributed by atoms with van der Waals surface area (Å²) >= 11 is 0. The first-order chi connectivity index (χ1) is 12.6. The molecular weight excluding hydrogens is 334 g/mol. The minimum atomic E-state index is -0.693. The maximum absolute atomic E-state index is 12.7. The lowest BCUT2D eigenvalue weighted by Crippen LogP contribution is -2.32. The molecular formula is C19H19N3O4. The summed E-state index contributed by atoms with van der Waals surface area (Å²) in [5, 5.41) is 2.53. The van der Waals surface area contributed by atoms with E-state index in [1.165, 1.54) is 16.8 Å². The number of nitrogens with zero attached hydrogens (tertiary/aromatic N) is 2. The lowest BCUT2D eigenvalue weighted by atomic mass is 10.2. The Morgan fingerprint density at radius 3 is 2.85 bits per heavy atom. The van der Waals surface area contributed by atoms with Crippen molar-refractivity contribution in [2.75, 3.05) is 11.9 Å². The minimum absolute atomic E-state index is 0.0349. The Bertz CT molecular complexity index is 903. The van der Waals surface area contributed by atoms with Gasteiger partial charge in [0.2, 0.25) is 5.91 Å². The van der Waals surface area contributed by atoms with Gasteiger partial charge in [0.15, 0.2) is 0 Å². The number of fused-ring (bicyclic) bond motifs is 1. The van der Waals surface area contributed by atoms with Gasteiger partial charge in [0.05, 0.1) is 12.8 Å². The maximum Gasteiger partial charge on any atom is 0.329 e. The summed E-state index contributed by atoms with van der Waals surface area (Å²) in [7, 11) is 0. The van der Waals surface area contributed by atoms with Crippen molar-refractivity contribution in [3.8, 4) is 0 Å². The van der Waals surface area contributed by atoms with Crippen molar-refractivity contribution in [1.82, 2.24) is 9.55 Å². The van der Waals surface area contributed by atoms with Crippen molar-refractivity contribution in [1.29, 1.82) is 0 Å². The quantitative estimate of drug-likeness (QED) is 0.655. The number of carbonyl (C=O) groups excluding carboxylic acids is 2. The van der Waals surface area contributed by atoms with Gasteiger partial charge in [-0.05, 0) is 25.0 Å². The molecule has 0 radical (unpaired) electrons. The van der Waals surface area contributed by atoms with Crippen molar-refractivity contribution in [3.63, 3.8) is 0 Å².